The van der Waals surface area contributed by atoms with Gasteiger partial charge in [-0.2, -0.15) is 0 Å². The van der Waals surface area contributed by atoms with Crippen LogP contribution in [-0.4, -0.2) is 184 Å². The number of hydrogen-bond acceptors (Lipinski definition) is 17. The third-order valence-corrected chi connectivity index (χ3v) is 20.6. The fraction of sp³-hybridized carbons (Fsp3) is 0.650. The van der Waals surface area contributed by atoms with E-state index in [1.165, 1.54) is 31.7 Å². The largest absolute Gasteiger partial charge is 0.458 e. The summed E-state index contributed by atoms with van der Waals surface area (Å²) < 4.78 is 5.99. The van der Waals surface area contributed by atoms with Gasteiger partial charge < -0.3 is 84.3 Å². The molecule has 2 aliphatic heterocycles. The van der Waals surface area contributed by atoms with Crippen LogP contribution in [-0.2, 0) is 91.2 Å². The maximum atomic E-state index is 15.3. The van der Waals surface area contributed by atoms with E-state index in [1.54, 1.807) is 152 Å². The number of benzene rings is 2. The van der Waals surface area contributed by atoms with Crippen molar-refractivity contribution in [2.75, 3.05) is 6.54 Å². The molecule has 1 saturated heterocycles. The summed E-state index contributed by atoms with van der Waals surface area (Å²) in [5.74, 6) is -15.6. The predicted molar refractivity (Wildman–Crippen MR) is 415 cm³/mol. The summed E-state index contributed by atoms with van der Waals surface area (Å²) in [4.78, 5) is 205. The second-order valence-corrected chi connectivity index (χ2v) is 31.2. The average molecular weight is 1540 g/mol. The lowest BCUT2D eigenvalue weighted by atomic mass is 9.91. The number of cyclic esters (lactones) is 1. The number of fused-ring (bicyclic) bond motifs is 1. The number of ether oxygens (including phenoxy) is 1. The third kappa shape index (κ3) is 27.0. The highest BCUT2D eigenvalue weighted by Crippen LogP contribution is 2.27. The monoisotopic (exact) mass is 1540 g/mol. The zero-order chi connectivity index (χ0) is 82.7. The van der Waals surface area contributed by atoms with Crippen LogP contribution in [0.2, 0.25) is 0 Å². The first-order valence-electron chi connectivity index (χ1n) is 39.1. The fourth-order valence-corrected chi connectivity index (χ4v) is 12.7. The Bertz CT molecular complexity index is 3530. The van der Waals surface area contributed by atoms with Crippen LogP contribution < -0.4 is 69.5 Å². The first-order chi connectivity index (χ1) is 51.7. The first-order valence-corrected chi connectivity index (χ1v) is 39.1. The van der Waals surface area contributed by atoms with E-state index in [9.17, 15) is 48.3 Å². The van der Waals surface area contributed by atoms with Crippen LogP contribution in [0.15, 0.2) is 66.4 Å². The maximum Gasteiger partial charge on any atom is 0.329 e. The summed E-state index contributed by atoms with van der Waals surface area (Å²) in [5, 5.41) is 43.5. The van der Waals surface area contributed by atoms with E-state index in [1.807, 2.05) is 13.8 Å². The van der Waals surface area contributed by atoms with E-state index in [2.05, 4.69) is 63.8 Å². The van der Waals surface area contributed by atoms with Gasteiger partial charge in [0.2, 0.25) is 70.9 Å². The number of aliphatic hydroxyl groups excluding tert-OH is 1. The second-order valence-electron chi connectivity index (χ2n) is 31.2. The lowest BCUT2D eigenvalue weighted by Crippen LogP contribution is -2.64. The van der Waals surface area contributed by atoms with Crippen LogP contribution in [0.4, 0.5) is 0 Å². The van der Waals surface area contributed by atoms with Crippen molar-refractivity contribution in [1.29, 1.82) is 0 Å². The van der Waals surface area contributed by atoms with Gasteiger partial charge in [-0.15, -0.1) is 0 Å². The minimum Gasteiger partial charge on any atom is -0.458 e. The lowest BCUT2D eigenvalue weighted by Gasteiger charge is -2.39. The molecule has 13 amide bonds. The molecule has 1 fully saturated rings. The summed E-state index contributed by atoms with van der Waals surface area (Å²) in [7, 11) is 0. The van der Waals surface area contributed by atoms with Crippen molar-refractivity contribution >= 4 is 82.8 Å². The van der Waals surface area contributed by atoms with Gasteiger partial charge in [0, 0.05) is 25.8 Å². The average Bonchev–Trinajstić information content (AvgIpc) is 0.803. The number of carbonyl (C=O) groups excluding carboxylic acids is 14. The molecule has 2 heterocycles. The molecule has 2 aromatic carbocycles. The standard InChI is InChI=1S/C80H126N14O16/c1-20-46(15)35-36-58(96)85-59(41(5)6)73(102)92-66(49(18)95)77(106)87-61(43(9)10)74(103)88-62(44(11)12)79(108)94-40-53-33-28-27-32-52(53)39-57(94)71(100)83-55(34-29-37-81)69(98)90-64(47(16)21-2)76(105)93-67-50(19)110-80(109)63(45(13)14)89-68(97)54(23-4)82-70(99)56(38-51-30-25-24-26-31-51)84-72(101)60(42(7)8)86-75(104)65(48(17)22-3)91-78(67)107/h23-28,30-33,41-50,55-57,59-67,95H,20-22,29,34-40,81H2,1-19H3,(H,82,99)(H,83,100)(H,84,101)(H,85,96)(H,86,104)(H,87,106)(H,88,103)(H,89,97)(H,90,98)(H,91,107)(H,92,102)(H,93,105)/b54-23-/t46-,47+,48+,49+,50-,55-,56-,57+,59+,60+,61-,62+,63-,64+,65+,66-,67+/m0/s1. The Kier molecular flexibility index (Phi) is 37.7. The van der Waals surface area contributed by atoms with Crippen molar-refractivity contribution in [3.8, 4) is 0 Å². The molecular formula is C80H126N14O16. The summed E-state index contributed by atoms with van der Waals surface area (Å²) >= 11 is 0. The Morgan fingerprint density at radius 3 is 1.66 bits per heavy atom. The van der Waals surface area contributed by atoms with Crippen molar-refractivity contribution in [3.05, 3.63) is 83.1 Å². The number of nitrogens with zero attached hydrogens (tertiary/aromatic N) is 1. The number of hydrogen-bond donors (Lipinski definition) is 14. The van der Waals surface area contributed by atoms with Gasteiger partial charge in [0.05, 0.1) is 6.10 Å². The molecule has 30 heteroatoms. The summed E-state index contributed by atoms with van der Waals surface area (Å²) in [5.41, 5.74) is 7.80. The Hall–Kier alpha value is -9.32. The molecule has 612 valence electrons. The van der Waals surface area contributed by atoms with Gasteiger partial charge in [-0.25, -0.2) is 4.79 Å². The molecule has 4 rings (SSSR count). The van der Waals surface area contributed by atoms with Gasteiger partial charge in [0.15, 0.2) is 0 Å². The predicted octanol–water partition coefficient (Wildman–Crippen LogP) is 2.80. The van der Waals surface area contributed by atoms with Crippen LogP contribution >= 0.6 is 0 Å². The molecule has 2 aliphatic rings. The van der Waals surface area contributed by atoms with Crippen LogP contribution in [0, 0.1) is 47.3 Å². The number of allylic oxidation sites excluding steroid dienone is 1. The van der Waals surface area contributed by atoms with Gasteiger partial charge >= 0.3 is 5.97 Å². The highest BCUT2D eigenvalue weighted by Gasteiger charge is 2.45. The third-order valence-electron chi connectivity index (χ3n) is 20.6. The summed E-state index contributed by atoms with van der Waals surface area (Å²) in [6, 6.07) is -0.978. The highest BCUT2D eigenvalue weighted by molar-refractivity contribution is 6.03. The van der Waals surface area contributed by atoms with Gasteiger partial charge in [-0.3, -0.25) is 62.3 Å². The molecule has 110 heavy (non-hydrogen) atoms. The van der Waals surface area contributed by atoms with Crippen molar-refractivity contribution in [2.24, 2.45) is 53.1 Å². The van der Waals surface area contributed by atoms with Gasteiger partial charge in [-0.1, -0.05) is 191 Å². The number of aliphatic hydroxyl groups is 1. The van der Waals surface area contributed by atoms with Crippen molar-refractivity contribution < 1.29 is 77.0 Å². The van der Waals surface area contributed by atoms with Crippen molar-refractivity contribution in [1.82, 2.24) is 68.7 Å². The van der Waals surface area contributed by atoms with Crippen molar-refractivity contribution in [3.63, 3.8) is 0 Å². The molecule has 0 spiro atoms. The Balaban J connectivity index is 1.71. The Morgan fingerprint density at radius 1 is 0.582 bits per heavy atom. The van der Waals surface area contributed by atoms with E-state index in [4.69, 9.17) is 10.5 Å². The zero-order valence-corrected chi connectivity index (χ0v) is 67.8. The number of esters is 1. The van der Waals surface area contributed by atoms with Crippen LogP contribution in [0.25, 0.3) is 0 Å². The molecule has 0 bridgehead atoms. The molecule has 0 aliphatic carbocycles. The van der Waals surface area contributed by atoms with Crippen LogP contribution in [0.3, 0.4) is 0 Å². The number of rotatable bonds is 33. The molecule has 2 aromatic rings. The molecule has 0 radical (unpaired) electrons. The molecule has 17 atom stereocenters. The maximum absolute atomic E-state index is 15.3. The van der Waals surface area contributed by atoms with Crippen LogP contribution in [0.1, 0.15) is 193 Å². The lowest BCUT2D eigenvalue weighted by molar-refractivity contribution is -0.157. The van der Waals surface area contributed by atoms with E-state index in [0.717, 1.165) is 6.42 Å². The Labute approximate surface area is 648 Å². The summed E-state index contributed by atoms with van der Waals surface area (Å²) in [6.07, 6.45) is 0.410. The van der Waals surface area contributed by atoms with E-state index < -0.39 is 203 Å². The zero-order valence-electron chi connectivity index (χ0n) is 67.8. The molecular weight excluding hydrogens is 1410 g/mol. The first kappa shape index (κ1) is 93.1. The number of amides is 13. The molecule has 0 saturated carbocycles. The fourth-order valence-electron chi connectivity index (χ4n) is 12.7. The minimum atomic E-state index is -1.84. The summed E-state index contributed by atoms with van der Waals surface area (Å²) in [6.45, 7) is 31.5. The molecule has 30 nitrogen and oxygen atoms in total. The minimum absolute atomic E-state index is 0.0396. The number of nitrogens with one attached hydrogen (secondary N) is 12. The second kappa shape index (κ2) is 44.5. The normalized spacial score (nSPS) is 22.2. The van der Waals surface area contributed by atoms with E-state index in [-0.39, 0.29) is 69.1 Å². The molecule has 0 aromatic heterocycles. The van der Waals surface area contributed by atoms with Gasteiger partial charge in [0.1, 0.15) is 84.3 Å². The van der Waals surface area contributed by atoms with Gasteiger partial charge in [-0.05, 0) is 111 Å². The quantitative estimate of drug-likeness (QED) is 0.0361. The number of nitrogens with two attached hydrogens (primary N) is 1. The SMILES string of the molecule is C/C=C1\NC(=O)[C@H](Cc2ccccc2)NC(=O)[C@@H](C(C)C)NC(=O)[C@@H]([C@H](C)CC)NC(=O)[C@H](NC(=O)[C@H](NC(=O)[C@H](CCCN)NC(=O)[C@H]2Cc3ccccc3CN2C(=O)[C@H](NC(=O)[C@@H](NC(=O)[C@@H](NC(=O)[C@H](NC(=O)CC[C@@H](C)CC)C(C)C)[C@@H](C)O)C(C)C)C(C)C)[C@H](C)CC)[C@H](C)OC(=O)[C@H](C(C)C)NC1=O. The van der Waals surface area contributed by atoms with E-state index >= 15 is 24.0 Å². The molecule has 0 unspecified atom stereocenters. The van der Waals surface area contributed by atoms with Gasteiger partial charge in [0.25, 0.3) is 5.91 Å². The highest BCUT2D eigenvalue weighted by atomic mass is 16.5. The van der Waals surface area contributed by atoms with Crippen LogP contribution in [0.5, 0.6) is 0 Å². The van der Waals surface area contributed by atoms with Crippen molar-refractivity contribution in [2.45, 2.75) is 281 Å². The van der Waals surface area contributed by atoms with E-state index in [0.29, 0.717) is 29.5 Å². The number of carbonyl (C=O) groups is 14. The molecule has 15 N–H and O–H groups in total. The smallest absolute Gasteiger partial charge is 0.329 e. The topological polar surface area (TPSA) is 442 Å². The Morgan fingerprint density at radius 2 is 1.12 bits per heavy atom.